The van der Waals surface area contributed by atoms with Crippen molar-refractivity contribution < 1.29 is 9.47 Å². The van der Waals surface area contributed by atoms with Crippen LogP contribution in [0.25, 0.3) is 22.2 Å². The molecule has 2 aromatic carbocycles. The van der Waals surface area contributed by atoms with Gasteiger partial charge in [-0.1, -0.05) is 18.2 Å². The van der Waals surface area contributed by atoms with E-state index < -0.39 is 0 Å². The summed E-state index contributed by atoms with van der Waals surface area (Å²) in [4.78, 5) is 3.42. The molecular weight excluding hydrogens is 250 g/mol. The smallest absolute Gasteiger partial charge is 0.161 e. The van der Waals surface area contributed by atoms with Gasteiger partial charge in [0.2, 0.25) is 0 Å². The lowest BCUT2D eigenvalue weighted by Crippen LogP contribution is -1.95. The molecule has 3 aromatic rings. The summed E-state index contributed by atoms with van der Waals surface area (Å²) in [5.74, 6) is 1.53. The Morgan fingerprint density at radius 1 is 1.00 bits per heavy atom. The summed E-state index contributed by atoms with van der Waals surface area (Å²) in [6.07, 6.45) is 0. The summed E-state index contributed by atoms with van der Waals surface area (Å²) >= 11 is 0. The number of hydrogen-bond acceptors (Lipinski definition) is 2. The molecule has 1 heterocycles. The number of fused-ring (bicyclic) bond motifs is 1. The summed E-state index contributed by atoms with van der Waals surface area (Å²) in [6, 6.07) is 16.4. The largest absolute Gasteiger partial charge is 0.493 e. The molecule has 0 saturated carbocycles. The third-order valence-electron chi connectivity index (χ3n) is 3.30. The first-order valence-electron chi connectivity index (χ1n) is 6.71. The molecule has 0 atom stereocenters. The monoisotopic (exact) mass is 267 g/mol. The van der Waals surface area contributed by atoms with Gasteiger partial charge in [0.15, 0.2) is 11.5 Å². The van der Waals surface area contributed by atoms with E-state index in [1.807, 2.05) is 37.3 Å². The molecule has 0 amide bonds. The Bertz CT molecular complexity index is 698. The van der Waals surface area contributed by atoms with Gasteiger partial charge in [-0.25, -0.2) is 0 Å². The van der Waals surface area contributed by atoms with Crippen molar-refractivity contribution in [2.24, 2.45) is 0 Å². The molecule has 0 aliphatic rings. The summed E-state index contributed by atoms with van der Waals surface area (Å²) < 4.78 is 10.9. The maximum Gasteiger partial charge on any atom is 0.161 e. The van der Waals surface area contributed by atoms with Crippen molar-refractivity contribution in [1.82, 2.24) is 4.98 Å². The lowest BCUT2D eigenvalue weighted by Gasteiger charge is -2.10. The molecule has 102 valence electrons. The van der Waals surface area contributed by atoms with Crippen LogP contribution in [0.4, 0.5) is 0 Å². The third kappa shape index (κ3) is 2.23. The number of aromatic amines is 1. The normalized spacial score (nSPS) is 10.7. The van der Waals surface area contributed by atoms with Gasteiger partial charge in [0.1, 0.15) is 0 Å². The predicted molar refractivity (Wildman–Crippen MR) is 81.5 cm³/mol. The number of H-pyrrole nitrogens is 1. The minimum atomic E-state index is 0.627. The molecule has 20 heavy (non-hydrogen) atoms. The third-order valence-corrected chi connectivity index (χ3v) is 3.30. The molecule has 3 heteroatoms. The van der Waals surface area contributed by atoms with Crippen molar-refractivity contribution in [2.75, 3.05) is 13.7 Å². The molecule has 0 aliphatic carbocycles. The highest BCUT2D eigenvalue weighted by molar-refractivity contribution is 5.86. The first-order valence-corrected chi connectivity index (χ1v) is 6.71. The zero-order valence-electron chi connectivity index (χ0n) is 11.6. The SMILES string of the molecule is CCOc1ccc(-c2cc3ccccc3[nH]2)cc1OC. The number of aromatic nitrogens is 1. The van der Waals surface area contributed by atoms with Gasteiger partial charge < -0.3 is 14.5 Å². The Labute approximate surface area is 118 Å². The van der Waals surface area contributed by atoms with E-state index in [-0.39, 0.29) is 0 Å². The average Bonchev–Trinajstić information content (AvgIpc) is 2.92. The van der Waals surface area contributed by atoms with Crippen molar-refractivity contribution >= 4 is 10.9 Å². The van der Waals surface area contributed by atoms with E-state index in [0.717, 1.165) is 28.3 Å². The topological polar surface area (TPSA) is 34.2 Å². The van der Waals surface area contributed by atoms with Crippen molar-refractivity contribution in [1.29, 1.82) is 0 Å². The average molecular weight is 267 g/mol. The molecule has 0 bridgehead atoms. The van der Waals surface area contributed by atoms with Crippen molar-refractivity contribution in [3.8, 4) is 22.8 Å². The van der Waals surface area contributed by atoms with Crippen LogP contribution in [0.1, 0.15) is 6.92 Å². The summed E-state index contributed by atoms with van der Waals surface area (Å²) in [5.41, 5.74) is 3.30. The minimum Gasteiger partial charge on any atom is -0.493 e. The van der Waals surface area contributed by atoms with Gasteiger partial charge in [0.05, 0.1) is 13.7 Å². The van der Waals surface area contributed by atoms with Gasteiger partial charge in [-0.15, -0.1) is 0 Å². The molecule has 0 saturated heterocycles. The molecule has 1 N–H and O–H groups in total. The first-order chi connectivity index (χ1) is 9.81. The molecule has 3 rings (SSSR count). The van der Waals surface area contributed by atoms with E-state index >= 15 is 0 Å². The summed E-state index contributed by atoms with van der Waals surface area (Å²) in [5, 5.41) is 1.20. The molecule has 0 fully saturated rings. The number of hydrogen-bond donors (Lipinski definition) is 1. The minimum absolute atomic E-state index is 0.627. The maximum atomic E-state index is 5.54. The van der Waals surface area contributed by atoms with Crippen LogP contribution in [0.2, 0.25) is 0 Å². The van der Waals surface area contributed by atoms with Crippen molar-refractivity contribution in [3.05, 3.63) is 48.5 Å². The van der Waals surface area contributed by atoms with Crippen molar-refractivity contribution in [3.63, 3.8) is 0 Å². The molecule has 0 radical (unpaired) electrons. The molecule has 3 nitrogen and oxygen atoms in total. The van der Waals surface area contributed by atoms with Gasteiger partial charge >= 0.3 is 0 Å². The molecular formula is C17H17NO2. The second-order valence-electron chi connectivity index (χ2n) is 4.57. The van der Waals surface area contributed by atoms with E-state index in [1.54, 1.807) is 7.11 Å². The molecule has 0 spiro atoms. The van der Waals surface area contributed by atoms with Gasteiger partial charge in [0, 0.05) is 22.2 Å². The van der Waals surface area contributed by atoms with Crippen LogP contribution in [-0.2, 0) is 0 Å². The van der Waals surface area contributed by atoms with Crippen LogP contribution in [-0.4, -0.2) is 18.7 Å². The summed E-state index contributed by atoms with van der Waals surface area (Å²) in [7, 11) is 1.66. The standard InChI is InChI=1S/C17H17NO2/c1-3-20-16-9-8-13(11-17(16)19-2)15-10-12-6-4-5-7-14(12)18-15/h4-11,18H,3H2,1-2H3. The van der Waals surface area contributed by atoms with Crippen LogP contribution in [0.15, 0.2) is 48.5 Å². The van der Waals surface area contributed by atoms with E-state index in [1.165, 1.54) is 5.39 Å². The number of benzene rings is 2. The lowest BCUT2D eigenvalue weighted by atomic mass is 10.1. The van der Waals surface area contributed by atoms with Crippen LogP contribution in [0.3, 0.4) is 0 Å². The molecule has 1 aromatic heterocycles. The first kappa shape index (κ1) is 12.6. The van der Waals surface area contributed by atoms with Gasteiger partial charge in [-0.05, 0) is 37.3 Å². The van der Waals surface area contributed by atoms with Crippen molar-refractivity contribution in [2.45, 2.75) is 6.92 Å². The number of ether oxygens (including phenoxy) is 2. The lowest BCUT2D eigenvalue weighted by molar-refractivity contribution is 0.311. The predicted octanol–water partition coefficient (Wildman–Crippen LogP) is 4.24. The number of methoxy groups -OCH3 is 1. The Balaban J connectivity index is 2.05. The number of para-hydroxylation sites is 1. The highest BCUT2D eigenvalue weighted by Crippen LogP contribution is 2.33. The van der Waals surface area contributed by atoms with E-state index in [4.69, 9.17) is 9.47 Å². The zero-order chi connectivity index (χ0) is 13.9. The highest BCUT2D eigenvalue weighted by atomic mass is 16.5. The fourth-order valence-corrected chi connectivity index (χ4v) is 2.34. The van der Waals surface area contributed by atoms with Crippen LogP contribution >= 0.6 is 0 Å². The quantitative estimate of drug-likeness (QED) is 0.767. The molecule has 0 unspecified atom stereocenters. The van der Waals surface area contributed by atoms with E-state index in [9.17, 15) is 0 Å². The van der Waals surface area contributed by atoms with Crippen LogP contribution in [0, 0.1) is 0 Å². The van der Waals surface area contributed by atoms with E-state index in [2.05, 4.69) is 23.2 Å². The van der Waals surface area contributed by atoms with Gasteiger partial charge in [0.25, 0.3) is 0 Å². The van der Waals surface area contributed by atoms with Gasteiger partial charge in [-0.2, -0.15) is 0 Å². The Hall–Kier alpha value is -2.42. The Morgan fingerprint density at radius 2 is 1.85 bits per heavy atom. The second kappa shape index (κ2) is 5.29. The number of rotatable bonds is 4. The maximum absolute atomic E-state index is 5.54. The fourth-order valence-electron chi connectivity index (χ4n) is 2.34. The second-order valence-corrected chi connectivity index (χ2v) is 4.57. The Morgan fingerprint density at radius 3 is 2.60 bits per heavy atom. The number of nitrogens with one attached hydrogen (secondary N) is 1. The fraction of sp³-hybridized carbons (Fsp3) is 0.176. The van der Waals surface area contributed by atoms with Crippen LogP contribution < -0.4 is 9.47 Å². The Kier molecular flexibility index (Phi) is 3.33. The zero-order valence-corrected chi connectivity index (χ0v) is 11.6. The van der Waals surface area contributed by atoms with Gasteiger partial charge in [-0.3, -0.25) is 0 Å². The molecule has 0 aliphatic heterocycles. The van der Waals surface area contributed by atoms with Crippen LogP contribution in [0.5, 0.6) is 11.5 Å². The highest BCUT2D eigenvalue weighted by Gasteiger charge is 2.08. The van der Waals surface area contributed by atoms with E-state index in [0.29, 0.717) is 6.61 Å². The summed E-state index contributed by atoms with van der Waals surface area (Å²) in [6.45, 7) is 2.59.